The van der Waals surface area contributed by atoms with Gasteiger partial charge in [0.05, 0.1) is 0 Å². The third-order valence-corrected chi connectivity index (χ3v) is 5.12. The van der Waals surface area contributed by atoms with Crippen molar-refractivity contribution in [3.63, 3.8) is 0 Å². The fourth-order valence-corrected chi connectivity index (χ4v) is 3.74. The van der Waals surface area contributed by atoms with Crippen molar-refractivity contribution in [1.82, 2.24) is 5.32 Å². The van der Waals surface area contributed by atoms with Crippen LogP contribution in [0.3, 0.4) is 0 Å². The molecule has 0 aliphatic heterocycles. The summed E-state index contributed by atoms with van der Waals surface area (Å²) in [6.45, 7) is 0. The summed E-state index contributed by atoms with van der Waals surface area (Å²) in [5.41, 5.74) is 3.04. The van der Waals surface area contributed by atoms with Gasteiger partial charge in [0.25, 0.3) is 0 Å². The Balaban J connectivity index is 1.57. The maximum Gasteiger partial charge on any atom is 0.221 e. The Labute approximate surface area is 156 Å². The van der Waals surface area contributed by atoms with Crippen molar-refractivity contribution in [2.75, 3.05) is 0 Å². The predicted molar refractivity (Wildman–Crippen MR) is 105 cm³/mol. The lowest BCUT2D eigenvalue weighted by molar-refractivity contribution is -0.121. The second kappa shape index (κ2) is 7.58. The van der Waals surface area contributed by atoms with E-state index in [2.05, 4.69) is 16.8 Å². The first-order valence-corrected chi connectivity index (χ1v) is 9.58. The van der Waals surface area contributed by atoms with Gasteiger partial charge in [0, 0.05) is 11.8 Å². The molecule has 4 heteroatoms. The van der Waals surface area contributed by atoms with Gasteiger partial charge in [-0.3, -0.25) is 4.79 Å². The molecular weight excluding hydrogens is 342 g/mol. The first-order valence-electron chi connectivity index (χ1n) is 8.63. The Bertz CT molecular complexity index is 956. The molecule has 130 valence electrons. The molecule has 0 fully saturated rings. The molecule has 2 aromatic carbocycles. The molecule has 2 heterocycles. The number of fused-ring (bicyclic) bond motifs is 1. The van der Waals surface area contributed by atoms with Gasteiger partial charge in [0.1, 0.15) is 17.4 Å². The third kappa shape index (κ3) is 3.70. The Kier molecular flexibility index (Phi) is 4.84. The van der Waals surface area contributed by atoms with Crippen LogP contribution in [-0.4, -0.2) is 5.91 Å². The summed E-state index contributed by atoms with van der Waals surface area (Å²) in [4.78, 5) is 12.6. The highest BCUT2D eigenvalue weighted by molar-refractivity contribution is 7.07. The van der Waals surface area contributed by atoms with Crippen LogP contribution >= 0.6 is 11.3 Å². The average Bonchev–Trinajstić information content (AvgIpc) is 3.34. The molecule has 3 nitrogen and oxygen atoms in total. The number of hydrogen-bond donors (Lipinski definition) is 1. The molecule has 4 aromatic rings. The first-order chi connectivity index (χ1) is 12.8. The lowest BCUT2D eigenvalue weighted by atomic mass is 10.0. The van der Waals surface area contributed by atoms with Crippen LogP contribution < -0.4 is 5.32 Å². The summed E-state index contributed by atoms with van der Waals surface area (Å²) in [6, 6.07) is 21.6. The molecule has 2 aromatic heterocycles. The van der Waals surface area contributed by atoms with E-state index in [-0.39, 0.29) is 11.9 Å². The standard InChI is InChI=1S/C22H19NO2S/c24-21(11-10-16-12-13-26-15-16)23-22(17-6-2-1-3-7-17)20-14-18-8-4-5-9-19(18)25-20/h1-9,12-15,22H,10-11H2,(H,23,24)/t22-/m1/s1. The van der Waals surface area contributed by atoms with Crippen molar-refractivity contribution in [2.45, 2.75) is 18.9 Å². The predicted octanol–water partition coefficient (Wildman–Crippen LogP) is 5.33. The van der Waals surface area contributed by atoms with E-state index >= 15 is 0 Å². The molecule has 0 unspecified atom stereocenters. The zero-order valence-electron chi connectivity index (χ0n) is 14.2. The maximum atomic E-state index is 12.6. The molecule has 1 amide bonds. The molecule has 0 saturated heterocycles. The topological polar surface area (TPSA) is 42.2 Å². The van der Waals surface area contributed by atoms with Gasteiger partial charge in [-0.1, -0.05) is 48.5 Å². The Hall–Kier alpha value is -2.85. The van der Waals surface area contributed by atoms with Gasteiger partial charge >= 0.3 is 0 Å². The fourth-order valence-electron chi connectivity index (χ4n) is 3.03. The van der Waals surface area contributed by atoms with Crippen molar-refractivity contribution in [3.05, 3.63) is 94.4 Å². The van der Waals surface area contributed by atoms with Crippen LogP contribution in [0.25, 0.3) is 11.0 Å². The molecular formula is C22H19NO2S. The zero-order valence-corrected chi connectivity index (χ0v) is 15.0. The van der Waals surface area contributed by atoms with E-state index in [1.54, 1.807) is 11.3 Å². The summed E-state index contributed by atoms with van der Waals surface area (Å²) in [7, 11) is 0. The summed E-state index contributed by atoms with van der Waals surface area (Å²) >= 11 is 1.65. The second-order valence-corrected chi connectivity index (χ2v) is 7.01. The Morgan fingerprint density at radius 2 is 1.85 bits per heavy atom. The van der Waals surface area contributed by atoms with Gasteiger partial charge in [-0.25, -0.2) is 0 Å². The van der Waals surface area contributed by atoms with Crippen molar-refractivity contribution in [3.8, 4) is 0 Å². The second-order valence-electron chi connectivity index (χ2n) is 6.23. The number of benzene rings is 2. The van der Waals surface area contributed by atoms with Gasteiger partial charge in [-0.05, 0) is 46.5 Å². The number of nitrogens with one attached hydrogen (secondary N) is 1. The normalized spacial score (nSPS) is 12.2. The number of rotatable bonds is 6. The molecule has 0 spiro atoms. The van der Waals surface area contributed by atoms with E-state index < -0.39 is 0 Å². The minimum Gasteiger partial charge on any atom is -0.459 e. The molecule has 0 bridgehead atoms. The van der Waals surface area contributed by atoms with Crippen molar-refractivity contribution >= 4 is 28.2 Å². The summed E-state index contributed by atoms with van der Waals surface area (Å²) in [5.74, 6) is 0.770. The quantitative estimate of drug-likeness (QED) is 0.504. The Morgan fingerprint density at radius 3 is 2.62 bits per heavy atom. The van der Waals surface area contributed by atoms with Crippen LogP contribution in [-0.2, 0) is 11.2 Å². The molecule has 0 saturated carbocycles. The lowest BCUT2D eigenvalue weighted by Gasteiger charge is -2.17. The molecule has 0 radical (unpaired) electrons. The highest BCUT2D eigenvalue weighted by Gasteiger charge is 2.20. The van der Waals surface area contributed by atoms with Crippen LogP contribution in [0, 0.1) is 0 Å². The summed E-state index contributed by atoms with van der Waals surface area (Å²) in [5, 5.41) is 8.30. The van der Waals surface area contributed by atoms with E-state index in [9.17, 15) is 4.79 Å². The minimum atomic E-state index is -0.293. The molecule has 0 aliphatic rings. The zero-order chi connectivity index (χ0) is 17.8. The smallest absolute Gasteiger partial charge is 0.221 e. The molecule has 26 heavy (non-hydrogen) atoms. The largest absolute Gasteiger partial charge is 0.459 e. The van der Waals surface area contributed by atoms with E-state index in [1.165, 1.54) is 5.56 Å². The van der Waals surface area contributed by atoms with Gasteiger partial charge in [-0.2, -0.15) is 11.3 Å². The number of furan rings is 1. The third-order valence-electron chi connectivity index (χ3n) is 4.39. The van der Waals surface area contributed by atoms with Crippen LogP contribution in [0.4, 0.5) is 0 Å². The monoisotopic (exact) mass is 361 g/mol. The lowest BCUT2D eigenvalue weighted by Crippen LogP contribution is -2.29. The Morgan fingerprint density at radius 1 is 1.04 bits per heavy atom. The van der Waals surface area contributed by atoms with Crippen LogP contribution in [0.2, 0.25) is 0 Å². The van der Waals surface area contributed by atoms with Gasteiger partial charge in [0.15, 0.2) is 0 Å². The van der Waals surface area contributed by atoms with E-state index in [4.69, 9.17) is 4.42 Å². The molecule has 1 atom stereocenters. The first kappa shape index (κ1) is 16.6. The van der Waals surface area contributed by atoms with Gasteiger partial charge in [0.2, 0.25) is 5.91 Å². The minimum absolute atomic E-state index is 0.0190. The maximum absolute atomic E-state index is 12.6. The number of aryl methyl sites for hydroxylation is 1. The number of carbonyl (C=O) groups excluding carboxylic acids is 1. The van der Waals surface area contributed by atoms with E-state index in [1.807, 2.05) is 66.0 Å². The SMILES string of the molecule is O=C(CCc1ccsc1)N[C@H](c1ccccc1)c1cc2ccccc2o1. The van der Waals surface area contributed by atoms with Crippen LogP contribution in [0.15, 0.2) is 81.9 Å². The highest BCUT2D eigenvalue weighted by atomic mass is 32.1. The number of thiophene rings is 1. The fraction of sp³-hybridized carbons (Fsp3) is 0.136. The molecule has 1 N–H and O–H groups in total. The number of hydrogen-bond acceptors (Lipinski definition) is 3. The van der Waals surface area contributed by atoms with E-state index in [0.717, 1.165) is 28.7 Å². The number of carbonyl (C=O) groups is 1. The van der Waals surface area contributed by atoms with Gasteiger partial charge in [-0.15, -0.1) is 0 Å². The van der Waals surface area contributed by atoms with E-state index in [0.29, 0.717) is 6.42 Å². The molecule has 4 rings (SSSR count). The van der Waals surface area contributed by atoms with Crippen molar-refractivity contribution < 1.29 is 9.21 Å². The van der Waals surface area contributed by atoms with Crippen LogP contribution in [0.1, 0.15) is 29.3 Å². The number of amides is 1. The highest BCUT2D eigenvalue weighted by Crippen LogP contribution is 2.28. The summed E-state index contributed by atoms with van der Waals surface area (Å²) in [6.07, 6.45) is 1.21. The average molecular weight is 361 g/mol. The number of para-hydroxylation sites is 1. The molecule has 0 aliphatic carbocycles. The van der Waals surface area contributed by atoms with Crippen molar-refractivity contribution in [1.29, 1.82) is 0 Å². The van der Waals surface area contributed by atoms with Crippen molar-refractivity contribution in [2.24, 2.45) is 0 Å². The van der Waals surface area contributed by atoms with Gasteiger partial charge < -0.3 is 9.73 Å². The van der Waals surface area contributed by atoms with Crippen LogP contribution in [0.5, 0.6) is 0 Å². The summed E-state index contributed by atoms with van der Waals surface area (Å²) < 4.78 is 6.02.